The highest BCUT2D eigenvalue weighted by molar-refractivity contribution is 14.1. The van der Waals surface area contributed by atoms with Gasteiger partial charge in [-0.05, 0) is 40.8 Å². The topological polar surface area (TPSA) is 39.2 Å². The lowest BCUT2D eigenvalue weighted by molar-refractivity contribution is -0.128. The van der Waals surface area contributed by atoms with E-state index in [0.717, 1.165) is 8.96 Å². The summed E-state index contributed by atoms with van der Waals surface area (Å²) in [7, 11) is 0. The van der Waals surface area contributed by atoms with Crippen LogP contribution in [0.15, 0.2) is 24.4 Å². The van der Waals surface area contributed by atoms with Gasteiger partial charge in [0.2, 0.25) is 0 Å². The summed E-state index contributed by atoms with van der Waals surface area (Å²) in [6.07, 6.45) is 1.69. The molecule has 0 fully saturated rings. The predicted molar refractivity (Wildman–Crippen MR) is 89.4 cm³/mol. The molecule has 3 nitrogen and oxygen atoms in total. The normalized spacial score (nSPS) is 11.7. The summed E-state index contributed by atoms with van der Waals surface area (Å²) < 4.78 is 6.56. The highest BCUT2D eigenvalue weighted by Crippen LogP contribution is 2.34. The van der Waals surface area contributed by atoms with Crippen LogP contribution in [0.4, 0.5) is 0 Å². The first-order chi connectivity index (χ1) is 9.30. The highest BCUT2D eigenvalue weighted by Gasteiger charge is 2.22. The van der Waals surface area contributed by atoms with Gasteiger partial charge in [-0.15, -0.1) is 0 Å². The molecule has 1 aromatic heterocycles. The van der Waals surface area contributed by atoms with E-state index in [1.165, 1.54) is 0 Å². The molecule has 0 aliphatic carbocycles. The molecule has 5 heteroatoms. The fourth-order valence-corrected chi connectivity index (χ4v) is 2.81. The SMILES string of the molecule is CC(C)(C)C(=O)COc1c(I)cc(Cl)c2cccnc12. The number of nitrogens with zero attached hydrogens (tertiary/aromatic N) is 1. The van der Waals surface area contributed by atoms with Crippen molar-refractivity contribution in [2.24, 2.45) is 5.41 Å². The molecule has 0 aliphatic heterocycles. The molecule has 106 valence electrons. The van der Waals surface area contributed by atoms with Gasteiger partial charge in [-0.2, -0.15) is 0 Å². The second-order valence-corrected chi connectivity index (χ2v) is 7.10. The lowest BCUT2D eigenvalue weighted by Crippen LogP contribution is -2.26. The Balaban J connectivity index is 2.38. The molecule has 0 N–H and O–H groups in total. The van der Waals surface area contributed by atoms with Crippen molar-refractivity contribution in [1.82, 2.24) is 4.98 Å². The number of rotatable bonds is 3. The molecule has 20 heavy (non-hydrogen) atoms. The summed E-state index contributed by atoms with van der Waals surface area (Å²) in [5, 5.41) is 1.46. The van der Waals surface area contributed by atoms with Gasteiger partial charge in [0, 0.05) is 17.0 Å². The van der Waals surface area contributed by atoms with Crippen LogP contribution in [0.2, 0.25) is 5.02 Å². The Morgan fingerprint density at radius 2 is 2.15 bits per heavy atom. The maximum Gasteiger partial charge on any atom is 0.175 e. The Hall–Kier alpha value is -0.880. The Kier molecular flexibility index (Phi) is 4.54. The van der Waals surface area contributed by atoms with Crippen molar-refractivity contribution >= 4 is 50.9 Å². The van der Waals surface area contributed by atoms with E-state index in [4.69, 9.17) is 16.3 Å². The third-order valence-corrected chi connectivity index (χ3v) is 4.05. The minimum Gasteiger partial charge on any atom is -0.482 e. The van der Waals surface area contributed by atoms with Crippen LogP contribution in [0, 0.1) is 8.99 Å². The number of carbonyl (C=O) groups is 1. The molecule has 2 rings (SSSR count). The molecule has 1 heterocycles. The average molecular weight is 404 g/mol. The Morgan fingerprint density at radius 3 is 2.80 bits per heavy atom. The molecule has 0 radical (unpaired) electrons. The van der Waals surface area contributed by atoms with Crippen LogP contribution < -0.4 is 4.74 Å². The molecule has 0 saturated heterocycles. The number of carbonyl (C=O) groups excluding carboxylic acids is 1. The largest absolute Gasteiger partial charge is 0.482 e. The molecule has 0 bridgehead atoms. The number of hydrogen-bond acceptors (Lipinski definition) is 3. The van der Waals surface area contributed by atoms with E-state index in [1.807, 2.05) is 39.0 Å². The molecular formula is C15H15ClINO2. The summed E-state index contributed by atoms with van der Waals surface area (Å²) in [4.78, 5) is 16.3. The van der Waals surface area contributed by atoms with Crippen LogP contribution in [0.1, 0.15) is 20.8 Å². The van der Waals surface area contributed by atoms with Gasteiger partial charge in [0.15, 0.2) is 11.5 Å². The van der Waals surface area contributed by atoms with Crippen LogP contribution in [-0.2, 0) is 4.79 Å². The molecule has 0 amide bonds. The lowest BCUT2D eigenvalue weighted by atomic mass is 9.91. The monoisotopic (exact) mass is 403 g/mol. The summed E-state index contributed by atoms with van der Waals surface area (Å²) in [6.45, 7) is 5.67. The number of hydrogen-bond donors (Lipinski definition) is 0. The zero-order chi connectivity index (χ0) is 14.9. The van der Waals surface area contributed by atoms with Crippen molar-refractivity contribution in [3.8, 4) is 5.75 Å². The van der Waals surface area contributed by atoms with Crippen LogP contribution in [-0.4, -0.2) is 17.4 Å². The number of benzene rings is 1. The number of halogens is 2. The molecule has 0 saturated carbocycles. The first-order valence-electron chi connectivity index (χ1n) is 6.19. The van der Waals surface area contributed by atoms with Crippen molar-refractivity contribution in [1.29, 1.82) is 0 Å². The predicted octanol–water partition coefficient (Wildman–Crippen LogP) is 4.49. The molecule has 0 atom stereocenters. The van der Waals surface area contributed by atoms with Crippen molar-refractivity contribution in [3.05, 3.63) is 33.0 Å². The maximum atomic E-state index is 12.0. The van der Waals surface area contributed by atoms with Gasteiger partial charge >= 0.3 is 0 Å². The van der Waals surface area contributed by atoms with Gasteiger partial charge in [-0.3, -0.25) is 9.78 Å². The molecular weight excluding hydrogens is 389 g/mol. The highest BCUT2D eigenvalue weighted by atomic mass is 127. The number of ether oxygens (including phenoxy) is 1. The fraction of sp³-hybridized carbons (Fsp3) is 0.333. The van der Waals surface area contributed by atoms with Crippen molar-refractivity contribution in [2.45, 2.75) is 20.8 Å². The molecule has 0 aliphatic rings. The summed E-state index contributed by atoms with van der Waals surface area (Å²) in [6, 6.07) is 5.54. The average Bonchev–Trinajstić information content (AvgIpc) is 2.37. The lowest BCUT2D eigenvalue weighted by Gasteiger charge is -2.18. The van der Waals surface area contributed by atoms with Gasteiger partial charge in [-0.1, -0.05) is 32.4 Å². The fourth-order valence-electron chi connectivity index (χ4n) is 1.64. The van der Waals surface area contributed by atoms with Crippen molar-refractivity contribution < 1.29 is 9.53 Å². The summed E-state index contributed by atoms with van der Waals surface area (Å²) in [5.41, 5.74) is 0.271. The smallest absolute Gasteiger partial charge is 0.175 e. The van der Waals surface area contributed by atoms with Gasteiger partial charge < -0.3 is 4.74 Å². The third kappa shape index (κ3) is 3.23. The first-order valence-corrected chi connectivity index (χ1v) is 7.65. The minimum absolute atomic E-state index is 0.0345. The Labute approximate surface area is 136 Å². The zero-order valence-corrected chi connectivity index (χ0v) is 14.4. The number of fused-ring (bicyclic) bond motifs is 1. The van der Waals surface area contributed by atoms with Crippen molar-refractivity contribution in [3.63, 3.8) is 0 Å². The summed E-state index contributed by atoms with van der Waals surface area (Å²) >= 11 is 8.34. The van der Waals surface area contributed by atoms with E-state index in [9.17, 15) is 4.79 Å². The Morgan fingerprint density at radius 1 is 1.45 bits per heavy atom. The van der Waals surface area contributed by atoms with Crippen LogP contribution in [0.25, 0.3) is 10.9 Å². The number of ketones is 1. The standard InChI is InChI=1S/C15H15ClINO2/c1-15(2,3)12(19)8-20-14-11(17)7-10(16)9-5-4-6-18-13(9)14/h4-7H,8H2,1-3H3. The first kappa shape index (κ1) is 15.5. The van der Waals surface area contributed by atoms with Gasteiger partial charge in [0.1, 0.15) is 12.1 Å². The molecule has 2 aromatic rings. The quantitative estimate of drug-likeness (QED) is 0.709. The summed E-state index contributed by atoms with van der Waals surface area (Å²) in [5.74, 6) is 0.663. The van der Waals surface area contributed by atoms with Crippen LogP contribution in [0.3, 0.4) is 0 Å². The van der Waals surface area contributed by atoms with E-state index >= 15 is 0 Å². The van der Waals surface area contributed by atoms with E-state index in [-0.39, 0.29) is 12.4 Å². The van der Waals surface area contributed by atoms with Crippen molar-refractivity contribution in [2.75, 3.05) is 6.61 Å². The zero-order valence-electron chi connectivity index (χ0n) is 11.5. The van der Waals surface area contributed by atoms with E-state index in [0.29, 0.717) is 16.3 Å². The second-order valence-electron chi connectivity index (χ2n) is 5.53. The minimum atomic E-state index is -0.416. The van der Waals surface area contributed by atoms with Crippen LogP contribution in [0.5, 0.6) is 5.75 Å². The van der Waals surface area contributed by atoms with Crippen LogP contribution >= 0.6 is 34.2 Å². The van der Waals surface area contributed by atoms with Gasteiger partial charge in [0.05, 0.1) is 8.59 Å². The van der Waals surface area contributed by atoms with Gasteiger partial charge in [-0.25, -0.2) is 0 Å². The Bertz CT molecular complexity index is 665. The van der Waals surface area contributed by atoms with E-state index < -0.39 is 5.41 Å². The maximum absolute atomic E-state index is 12.0. The number of pyridine rings is 1. The number of Topliss-reactive ketones (excluding diaryl/α,β-unsaturated/α-hetero) is 1. The molecule has 0 unspecified atom stereocenters. The molecule has 1 aromatic carbocycles. The number of aromatic nitrogens is 1. The van der Waals surface area contributed by atoms with E-state index in [1.54, 1.807) is 6.20 Å². The third-order valence-electron chi connectivity index (χ3n) is 2.93. The molecule has 0 spiro atoms. The second kappa shape index (κ2) is 5.85. The van der Waals surface area contributed by atoms with Gasteiger partial charge in [0.25, 0.3) is 0 Å². The van der Waals surface area contributed by atoms with E-state index in [2.05, 4.69) is 27.6 Å².